The second kappa shape index (κ2) is 6.76. The van der Waals surface area contributed by atoms with Gasteiger partial charge in [-0.2, -0.15) is 5.26 Å². The van der Waals surface area contributed by atoms with Crippen LogP contribution in [0.3, 0.4) is 0 Å². The summed E-state index contributed by atoms with van der Waals surface area (Å²) in [6, 6.07) is 5.67. The van der Waals surface area contributed by atoms with Crippen LogP contribution in [0.25, 0.3) is 6.08 Å². The summed E-state index contributed by atoms with van der Waals surface area (Å²) in [4.78, 5) is 4.49. The predicted octanol–water partition coefficient (Wildman–Crippen LogP) is 3.46. The number of hydrogen-bond donors (Lipinski definition) is 0. The number of methoxy groups -OCH3 is 2. The van der Waals surface area contributed by atoms with Crippen LogP contribution < -0.4 is 9.47 Å². The lowest BCUT2D eigenvalue weighted by Gasteiger charge is -2.13. The molecule has 0 heterocycles. The molecule has 0 unspecified atom stereocenters. The molecule has 0 atom stereocenters. The van der Waals surface area contributed by atoms with Crippen molar-refractivity contribution in [1.29, 1.82) is 5.26 Å². The van der Waals surface area contributed by atoms with E-state index in [0.717, 1.165) is 11.1 Å². The third-order valence-electron chi connectivity index (χ3n) is 2.52. The quantitative estimate of drug-likeness (QED) is 0.623. The zero-order chi connectivity index (χ0) is 15.2. The van der Waals surface area contributed by atoms with Gasteiger partial charge < -0.3 is 9.47 Å². The minimum Gasteiger partial charge on any atom is -0.493 e. The molecule has 1 aromatic rings. The first-order valence-corrected chi connectivity index (χ1v) is 6.28. The first kappa shape index (κ1) is 15.8. The van der Waals surface area contributed by atoms with Crippen LogP contribution in [-0.4, -0.2) is 26.0 Å². The molecule has 4 nitrogen and oxygen atoms in total. The predicted molar refractivity (Wildman–Crippen MR) is 81.5 cm³/mol. The van der Waals surface area contributed by atoms with Gasteiger partial charge in [0.15, 0.2) is 11.5 Å². The van der Waals surface area contributed by atoms with E-state index in [0.29, 0.717) is 11.5 Å². The van der Waals surface area contributed by atoms with Crippen LogP contribution in [0.4, 0.5) is 0 Å². The number of aliphatic imine (C=N–C) groups is 1. The molecule has 0 aromatic heterocycles. The second-order valence-corrected chi connectivity index (χ2v) is 5.23. The summed E-state index contributed by atoms with van der Waals surface area (Å²) in [5, 5.41) is 8.68. The summed E-state index contributed by atoms with van der Waals surface area (Å²) in [6.07, 6.45) is 4.95. The first-order chi connectivity index (χ1) is 9.41. The Morgan fingerprint density at radius 3 is 2.10 bits per heavy atom. The van der Waals surface area contributed by atoms with Gasteiger partial charge in [-0.3, -0.25) is 4.99 Å². The van der Waals surface area contributed by atoms with Crippen molar-refractivity contribution in [2.45, 2.75) is 26.3 Å². The molecule has 0 fully saturated rings. The third-order valence-corrected chi connectivity index (χ3v) is 2.52. The monoisotopic (exact) mass is 272 g/mol. The average molecular weight is 272 g/mol. The first-order valence-electron chi connectivity index (χ1n) is 6.28. The van der Waals surface area contributed by atoms with Crippen molar-refractivity contribution < 1.29 is 9.47 Å². The fourth-order valence-corrected chi connectivity index (χ4v) is 1.56. The van der Waals surface area contributed by atoms with E-state index in [2.05, 4.69) is 4.99 Å². The van der Waals surface area contributed by atoms with Gasteiger partial charge in [-0.1, -0.05) is 0 Å². The zero-order valence-corrected chi connectivity index (χ0v) is 12.6. The summed E-state index contributed by atoms with van der Waals surface area (Å²) in [5.74, 6) is 1.26. The Kier molecular flexibility index (Phi) is 5.33. The van der Waals surface area contributed by atoms with Crippen molar-refractivity contribution >= 4 is 12.3 Å². The summed E-state index contributed by atoms with van der Waals surface area (Å²) in [7, 11) is 3.17. The molecule has 0 radical (unpaired) electrons. The fourth-order valence-electron chi connectivity index (χ4n) is 1.56. The standard InChI is InChI=1S/C16H20N2O2/c1-16(2,3)18-11-13-10-15(20-5)14(19-4)9-12(13)7-6-8-17/h6-7,9-11H,1-5H3/b7-6+,18-11?. The Morgan fingerprint density at radius 2 is 1.65 bits per heavy atom. The van der Waals surface area contributed by atoms with Crippen LogP contribution in [0.1, 0.15) is 31.9 Å². The number of hydrogen-bond acceptors (Lipinski definition) is 4. The topological polar surface area (TPSA) is 54.6 Å². The number of rotatable bonds is 4. The smallest absolute Gasteiger partial charge is 0.161 e. The number of allylic oxidation sites excluding steroid dienone is 1. The molecule has 0 saturated carbocycles. The number of benzene rings is 1. The van der Waals surface area contributed by atoms with Crippen LogP contribution >= 0.6 is 0 Å². The van der Waals surface area contributed by atoms with Gasteiger partial charge in [0.25, 0.3) is 0 Å². The van der Waals surface area contributed by atoms with Crippen molar-refractivity contribution in [3.05, 3.63) is 29.3 Å². The van der Waals surface area contributed by atoms with Crippen molar-refractivity contribution in [2.24, 2.45) is 4.99 Å². The van der Waals surface area contributed by atoms with Gasteiger partial charge in [-0.25, -0.2) is 0 Å². The van der Waals surface area contributed by atoms with Crippen LogP contribution in [0, 0.1) is 11.3 Å². The van der Waals surface area contributed by atoms with Gasteiger partial charge >= 0.3 is 0 Å². The average Bonchev–Trinajstić information content (AvgIpc) is 2.41. The van der Waals surface area contributed by atoms with Gasteiger partial charge in [0, 0.05) is 17.9 Å². The van der Waals surface area contributed by atoms with E-state index in [1.807, 2.05) is 39.0 Å². The molecule has 1 rings (SSSR count). The van der Waals surface area contributed by atoms with Gasteiger partial charge in [0.1, 0.15) is 0 Å². The molecule has 106 valence electrons. The van der Waals surface area contributed by atoms with Crippen molar-refractivity contribution in [3.63, 3.8) is 0 Å². The summed E-state index contributed by atoms with van der Waals surface area (Å²) in [5.41, 5.74) is 1.57. The Hall–Kier alpha value is -2.28. The molecule has 1 aromatic carbocycles. The Balaban J connectivity index is 3.35. The van der Waals surface area contributed by atoms with Gasteiger partial charge in [0.05, 0.1) is 25.8 Å². The molecule has 0 N–H and O–H groups in total. The normalized spacial score (nSPS) is 11.8. The molecule has 0 amide bonds. The SMILES string of the molecule is COc1cc(C=NC(C)(C)C)c(/C=C/C#N)cc1OC. The number of ether oxygens (including phenoxy) is 2. The largest absolute Gasteiger partial charge is 0.493 e. The van der Waals surface area contributed by atoms with Crippen LogP contribution in [0.5, 0.6) is 11.5 Å². The molecule has 0 aliphatic heterocycles. The minimum absolute atomic E-state index is 0.163. The van der Waals surface area contributed by atoms with Crippen LogP contribution in [-0.2, 0) is 0 Å². The molecule has 0 spiro atoms. The van der Waals surface area contributed by atoms with E-state index >= 15 is 0 Å². The Labute approximate surface area is 120 Å². The highest BCUT2D eigenvalue weighted by Gasteiger charge is 2.10. The van der Waals surface area contributed by atoms with E-state index in [4.69, 9.17) is 14.7 Å². The Bertz CT molecular complexity index is 561. The summed E-state index contributed by atoms with van der Waals surface area (Å²) >= 11 is 0. The summed E-state index contributed by atoms with van der Waals surface area (Å²) in [6.45, 7) is 6.07. The highest BCUT2D eigenvalue weighted by molar-refractivity contribution is 5.87. The second-order valence-electron chi connectivity index (χ2n) is 5.23. The van der Waals surface area contributed by atoms with Gasteiger partial charge in [-0.15, -0.1) is 0 Å². The van der Waals surface area contributed by atoms with Gasteiger partial charge in [-0.05, 0) is 44.5 Å². The number of nitrogens with zero attached hydrogens (tertiary/aromatic N) is 2. The maximum Gasteiger partial charge on any atom is 0.161 e. The zero-order valence-electron chi connectivity index (χ0n) is 12.6. The lowest BCUT2D eigenvalue weighted by atomic mass is 10.1. The van der Waals surface area contributed by atoms with E-state index in [1.54, 1.807) is 26.5 Å². The molecule has 0 aliphatic rings. The van der Waals surface area contributed by atoms with Crippen molar-refractivity contribution in [3.8, 4) is 17.6 Å². The van der Waals surface area contributed by atoms with E-state index in [-0.39, 0.29) is 5.54 Å². The highest BCUT2D eigenvalue weighted by atomic mass is 16.5. The van der Waals surface area contributed by atoms with Gasteiger partial charge in [0.2, 0.25) is 0 Å². The molecule has 20 heavy (non-hydrogen) atoms. The van der Waals surface area contributed by atoms with Crippen molar-refractivity contribution in [2.75, 3.05) is 14.2 Å². The maximum absolute atomic E-state index is 8.68. The van der Waals surface area contributed by atoms with E-state index in [1.165, 1.54) is 6.08 Å². The Morgan fingerprint density at radius 1 is 1.10 bits per heavy atom. The molecular formula is C16H20N2O2. The molecule has 4 heteroatoms. The van der Waals surface area contributed by atoms with Crippen LogP contribution in [0.15, 0.2) is 23.2 Å². The third kappa shape index (κ3) is 4.43. The lowest BCUT2D eigenvalue weighted by Crippen LogP contribution is -2.10. The molecular weight excluding hydrogens is 252 g/mol. The molecule has 0 aliphatic carbocycles. The van der Waals surface area contributed by atoms with E-state index < -0.39 is 0 Å². The minimum atomic E-state index is -0.163. The maximum atomic E-state index is 8.68. The van der Waals surface area contributed by atoms with Crippen LogP contribution in [0.2, 0.25) is 0 Å². The number of nitriles is 1. The fraction of sp³-hybridized carbons (Fsp3) is 0.375. The highest BCUT2D eigenvalue weighted by Crippen LogP contribution is 2.30. The summed E-state index contributed by atoms with van der Waals surface area (Å²) < 4.78 is 10.6. The molecule has 0 bridgehead atoms. The van der Waals surface area contributed by atoms with Crippen molar-refractivity contribution in [1.82, 2.24) is 0 Å². The van der Waals surface area contributed by atoms with E-state index in [9.17, 15) is 0 Å². The lowest BCUT2D eigenvalue weighted by molar-refractivity contribution is 0.355. The molecule has 0 saturated heterocycles.